The van der Waals surface area contributed by atoms with Crippen molar-refractivity contribution in [3.8, 4) is 0 Å². The van der Waals surface area contributed by atoms with Gasteiger partial charge in [-0.15, -0.1) is 0 Å². The Bertz CT molecular complexity index is 608. The first-order valence-corrected chi connectivity index (χ1v) is 7.17. The number of aliphatic hydroxyl groups is 1. The number of aliphatic hydroxyl groups excluding tert-OH is 1. The summed E-state index contributed by atoms with van der Waals surface area (Å²) in [7, 11) is 0. The molecule has 1 amide bonds. The van der Waals surface area contributed by atoms with Crippen molar-refractivity contribution < 1.29 is 9.90 Å². The third kappa shape index (κ3) is 2.54. The van der Waals surface area contributed by atoms with Crippen LogP contribution in [0.15, 0.2) is 30.6 Å². The molecule has 5 heteroatoms. The fraction of sp³-hybridized carbons (Fsp3) is 0.467. The number of amides is 1. The minimum Gasteiger partial charge on any atom is -0.391 e. The molecule has 1 aliphatic rings. The van der Waals surface area contributed by atoms with E-state index in [4.69, 9.17) is 0 Å². The summed E-state index contributed by atoms with van der Waals surface area (Å²) in [4.78, 5) is 12.4. The number of carbonyl (C=O) groups excluding carboxylic acids is 1. The third-order valence-electron chi connectivity index (χ3n) is 3.97. The van der Waals surface area contributed by atoms with Crippen molar-refractivity contribution in [2.45, 2.75) is 44.2 Å². The van der Waals surface area contributed by atoms with Crippen LogP contribution in [0.5, 0.6) is 0 Å². The van der Waals surface area contributed by atoms with Crippen LogP contribution < -0.4 is 5.32 Å². The summed E-state index contributed by atoms with van der Waals surface area (Å²) in [5, 5.41) is 17.2. The Morgan fingerprint density at radius 2 is 2.15 bits per heavy atom. The SMILES string of the molecule is O=C(NC1CCCCCC1O)c1cnn2ccccc12. The van der Waals surface area contributed by atoms with Gasteiger partial charge in [0.25, 0.3) is 5.91 Å². The van der Waals surface area contributed by atoms with Gasteiger partial charge in [0, 0.05) is 6.20 Å². The van der Waals surface area contributed by atoms with Crippen molar-refractivity contribution in [2.75, 3.05) is 0 Å². The van der Waals surface area contributed by atoms with Crippen molar-refractivity contribution in [2.24, 2.45) is 0 Å². The number of aromatic nitrogens is 2. The van der Waals surface area contributed by atoms with E-state index in [9.17, 15) is 9.90 Å². The summed E-state index contributed by atoms with van der Waals surface area (Å²) in [6.45, 7) is 0. The largest absolute Gasteiger partial charge is 0.391 e. The summed E-state index contributed by atoms with van der Waals surface area (Å²) in [6, 6.07) is 5.47. The summed E-state index contributed by atoms with van der Waals surface area (Å²) in [6.07, 6.45) is 7.76. The Labute approximate surface area is 117 Å². The van der Waals surface area contributed by atoms with Crippen LogP contribution in [0.3, 0.4) is 0 Å². The summed E-state index contributed by atoms with van der Waals surface area (Å²) in [5.41, 5.74) is 1.34. The maximum absolute atomic E-state index is 12.4. The number of hydrogen-bond donors (Lipinski definition) is 2. The van der Waals surface area contributed by atoms with E-state index in [1.165, 1.54) is 0 Å². The van der Waals surface area contributed by atoms with Crippen LogP contribution in [0.25, 0.3) is 5.52 Å². The molecule has 2 atom stereocenters. The van der Waals surface area contributed by atoms with E-state index in [2.05, 4.69) is 10.4 Å². The summed E-state index contributed by atoms with van der Waals surface area (Å²) < 4.78 is 1.68. The molecule has 0 aliphatic heterocycles. The number of nitrogens with one attached hydrogen (secondary N) is 1. The predicted molar refractivity (Wildman–Crippen MR) is 75.5 cm³/mol. The quantitative estimate of drug-likeness (QED) is 0.819. The number of fused-ring (bicyclic) bond motifs is 1. The Hall–Kier alpha value is -1.88. The average Bonchev–Trinajstić information content (AvgIpc) is 2.79. The van der Waals surface area contributed by atoms with E-state index in [1.54, 1.807) is 10.7 Å². The standard InChI is InChI=1S/C15H19N3O2/c19-14-8-3-1-2-6-12(14)17-15(20)11-10-16-18-9-5-4-7-13(11)18/h4-5,7,9-10,12,14,19H,1-3,6,8H2,(H,17,20). The van der Waals surface area contributed by atoms with Crippen LogP contribution in [0.1, 0.15) is 42.5 Å². The molecule has 1 fully saturated rings. The van der Waals surface area contributed by atoms with Crippen LogP contribution in [0.2, 0.25) is 0 Å². The van der Waals surface area contributed by atoms with Gasteiger partial charge in [-0.3, -0.25) is 4.79 Å². The van der Waals surface area contributed by atoms with Gasteiger partial charge in [-0.2, -0.15) is 5.10 Å². The number of rotatable bonds is 2. The highest BCUT2D eigenvalue weighted by molar-refractivity contribution is 6.00. The normalized spacial score (nSPS) is 23.4. The van der Waals surface area contributed by atoms with Gasteiger partial charge in [0.1, 0.15) is 0 Å². The van der Waals surface area contributed by atoms with Gasteiger partial charge in [0.15, 0.2) is 0 Å². The highest BCUT2D eigenvalue weighted by Crippen LogP contribution is 2.19. The van der Waals surface area contributed by atoms with Gasteiger partial charge >= 0.3 is 0 Å². The minimum atomic E-state index is -0.441. The average molecular weight is 273 g/mol. The zero-order chi connectivity index (χ0) is 13.9. The molecule has 106 valence electrons. The van der Waals surface area contributed by atoms with Crippen LogP contribution in [-0.4, -0.2) is 32.8 Å². The first-order valence-electron chi connectivity index (χ1n) is 7.17. The highest BCUT2D eigenvalue weighted by Gasteiger charge is 2.24. The Kier molecular flexibility index (Phi) is 3.69. The van der Waals surface area contributed by atoms with Crippen LogP contribution in [0, 0.1) is 0 Å². The molecule has 1 saturated carbocycles. The van der Waals surface area contributed by atoms with Gasteiger partial charge in [-0.05, 0) is 25.0 Å². The van der Waals surface area contributed by atoms with Gasteiger partial charge in [0.05, 0.1) is 29.4 Å². The Balaban J connectivity index is 1.78. The maximum Gasteiger partial charge on any atom is 0.255 e. The lowest BCUT2D eigenvalue weighted by Gasteiger charge is -2.21. The molecule has 2 aromatic heterocycles. The van der Waals surface area contributed by atoms with Crippen molar-refractivity contribution >= 4 is 11.4 Å². The second-order valence-corrected chi connectivity index (χ2v) is 5.37. The molecule has 2 heterocycles. The molecule has 0 radical (unpaired) electrons. The van der Waals surface area contributed by atoms with Crippen LogP contribution in [0.4, 0.5) is 0 Å². The molecular formula is C15H19N3O2. The predicted octanol–water partition coefficient (Wildman–Crippen LogP) is 1.76. The lowest BCUT2D eigenvalue weighted by Crippen LogP contribution is -2.42. The first-order chi connectivity index (χ1) is 9.75. The van der Waals surface area contributed by atoms with E-state index in [0.717, 1.165) is 37.6 Å². The Morgan fingerprint density at radius 1 is 1.30 bits per heavy atom. The number of pyridine rings is 1. The fourth-order valence-electron chi connectivity index (χ4n) is 2.81. The molecule has 2 N–H and O–H groups in total. The molecule has 0 aromatic carbocycles. The van der Waals surface area contributed by atoms with Crippen molar-refractivity contribution in [3.05, 3.63) is 36.2 Å². The van der Waals surface area contributed by atoms with Gasteiger partial charge in [-0.1, -0.05) is 25.3 Å². The molecule has 20 heavy (non-hydrogen) atoms. The molecule has 2 unspecified atom stereocenters. The number of nitrogens with zero attached hydrogens (tertiary/aromatic N) is 2. The molecule has 2 aromatic rings. The maximum atomic E-state index is 12.4. The smallest absolute Gasteiger partial charge is 0.255 e. The van der Waals surface area contributed by atoms with Crippen molar-refractivity contribution in [1.29, 1.82) is 0 Å². The second-order valence-electron chi connectivity index (χ2n) is 5.37. The zero-order valence-corrected chi connectivity index (χ0v) is 11.3. The van der Waals surface area contributed by atoms with E-state index in [0.29, 0.717) is 5.56 Å². The molecule has 1 aliphatic carbocycles. The van der Waals surface area contributed by atoms with Gasteiger partial charge in [-0.25, -0.2) is 4.52 Å². The fourth-order valence-corrected chi connectivity index (χ4v) is 2.81. The first kappa shape index (κ1) is 13.1. The molecule has 0 spiro atoms. The third-order valence-corrected chi connectivity index (χ3v) is 3.97. The molecule has 5 nitrogen and oxygen atoms in total. The molecule has 3 rings (SSSR count). The second kappa shape index (κ2) is 5.63. The molecular weight excluding hydrogens is 254 g/mol. The van der Waals surface area contributed by atoms with Gasteiger partial charge < -0.3 is 10.4 Å². The monoisotopic (exact) mass is 273 g/mol. The van der Waals surface area contributed by atoms with Gasteiger partial charge in [0.2, 0.25) is 0 Å². The highest BCUT2D eigenvalue weighted by atomic mass is 16.3. The van der Waals surface area contributed by atoms with Crippen LogP contribution in [-0.2, 0) is 0 Å². The lowest BCUT2D eigenvalue weighted by atomic mass is 10.1. The van der Waals surface area contributed by atoms with Crippen molar-refractivity contribution in [3.63, 3.8) is 0 Å². The van der Waals surface area contributed by atoms with E-state index < -0.39 is 6.10 Å². The van der Waals surface area contributed by atoms with Crippen LogP contribution >= 0.6 is 0 Å². The van der Waals surface area contributed by atoms with E-state index in [1.807, 2.05) is 24.4 Å². The Morgan fingerprint density at radius 3 is 3.05 bits per heavy atom. The minimum absolute atomic E-state index is 0.149. The zero-order valence-electron chi connectivity index (χ0n) is 11.3. The topological polar surface area (TPSA) is 66.6 Å². The molecule has 0 saturated heterocycles. The summed E-state index contributed by atoms with van der Waals surface area (Å²) in [5.74, 6) is -0.155. The van der Waals surface area contributed by atoms with Crippen molar-refractivity contribution in [1.82, 2.24) is 14.9 Å². The number of hydrogen-bond acceptors (Lipinski definition) is 3. The lowest BCUT2D eigenvalue weighted by molar-refractivity contribution is 0.0820. The van der Waals surface area contributed by atoms with E-state index in [-0.39, 0.29) is 11.9 Å². The van der Waals surface area contributed by atoms with E-state index >= 15 is 0 Å². The number of carbonyl (C=O) groups is 1. The summed E-state index contributed by atoms with van der Waals surface area (Å²) >= 11 is 0. The molecule has 0 bridgehead atoms.